The van der Waals surface area contributed by atoms with Crippen molar-refractivity contribution in [2.75, 3.05) is 12.4 Å². The Morgan fingerprint density at radius 1 is 1.23 bits per heavy atom. The summed E-state index contributed by atoms with van der Waals surface area (Å²) in [7, 11) is 3.11. The van der Waals surface area contributed by atoms with Crippen LogP contribution in [0, 0.1) is 18.3 Å². The number of methoxy groups -OCH3 is 1. The van der Waals surface area contributed by atoms with Gasteiger partial charge in [0, 0.05) is 7.05 Å². The van der Waals surface area contributed by atoms with Gasteiger partial charge in [0.1, 0.15) is 17.3 Å². The smallest absolute Gasteiger partial charge is 0.295 e. The summed E-state index contributed by atoms with van der Waals surface area (Å²) in [6.07, 6.45) is 1.35. The first-order valence-corrected chi connectivity index (χ1v) is 9.01. The number of hydrogen-bond donors (Lipinski definition) is 2. The number of hydrogen-bond acceptors (Lipinski definition) is 5. The van der Waals surface area contributed by atoms with Crippen molar-refractivity contribution >= 4 is 17.7 Å². The number of phenolic OH excluding ortho intramolecular Hbond substituents is 1. The molecule has 3 rings (SSSR count). The van der Waals surface area contributed by atoms with Crippen LogP contribution in [0.3, 0.4) is 0 Å². The summed E-state index contributed by atoms with van der Waals surface area (Å²) in [5, 5.41) is 21.7. The van der Waals surface area contributed by atoms with E-state index in [1.54, 1.807) is 36.9 Å². The quantitative estimate of drug-likeness (QED) is 0.502. The summed E-state index contributed by atoms with van der Waals surface area (Å²) >= 11 is 0. The Bertz CT molecular complexity index is 1230. The van der Waals surface area contributed by atoms with E-state index in [1.165, 1.54) is 30.0 Å². The number of carbonyl (C=O) groups excluding carboxylic acids is 1. The Morgan fingerprint density at radius 3 is 2.57 bits per heavy atom. The number of anilines is 1. The first kappa shape index (κ1) is 20.5. The van der Waals surface area contributed by atoms with Crippen molar-refractivity contribution in [3.05, 3.63) is 75.7 Å². The molecule has 0 spiro atoms. The summed E-state index contributed by atoms with van der Waals surface area (Å²) in [5.41, 5.74) is 1.18. The zero-order valence-corrected chi connectivity index (χ0v) is 16.7. The number of ether oxygens (including phenoxy) is 1. The highest BCUT2D eigenvalue weighted by Gasteiger charge is 2.20. The number of carbonyl (C=O) groups is 1. The van der Waals surface area contributed by atoms with Gasteiger partial charge in [-0.2, -0.15) is 5.26 Å². The van der Waals surface area contributed by atoms with E-state index in [9.17, 15) is 20.0 Å². The third-order valence-corrected chi connectivity index (χ3v) is 4.67. The Kier molecular flexibility index (Phi) is 5.74. The molecule has 0 aliphatic rings. The fourth-order valence-electron chi connectivity index (χ4n) is 2.99. The number of benzene rings is 2. The Hall–Kier alpha value is -4.25. The zero-order valence-electron chi connectivity index (χ0n) is 16.7. The minimum Gasteiger partial charge on any atom is -0.504 e. The molecule has 0 radical (unpaired) electrons. The molecule has 2 aromatic carbocycles. The van der Waals surface area contributed by atoms with Crippen LogP contribution in [0.15, 0.2) is 58.9 Å². The molecule has 2 N–H and O–H groups in total. The second-order valence-corrected chi connectivity index (χ2v) is 6.49. The molecule has 3 aromatic rings. The van der Waals surface area contributed by atoms with Gasteiger partial charge in [-0.1, -0.05) is 24.3 Å². The van der Waals surface area contributed by atoms with Crippen molar-refractivity contribution in [3.63, 3.8) is 0 Å². The Labute approximate surface area is 172 Å². The predicted molar refractivity (Wildman–Crippen MR) is 113 cm³/mol. The lowest BCUT2D eigenvalue weighted by molar-refractivity contribution is -0.112. The molecule has 0 aliphatic carbocycles. The highest BCUT2D eigenvalue weighted by atomic mass is 16.5. The molecular formula is C22H20N4O4. The Balaban J connectivity index is 1.95. The van der Waals surface area contributed by atoms with Crippen LogP contribution >= 0.6 is 0 Å². The highest BCUT2D eigenvalue weighted by Crippen LogP contribution is 2.27. The molecule has 1 heterocycles. The van der Waals surface area contributed by atoms with Gasteiger partial charge in [-0.05, 0) is 42.8 Å². The van der Waals surface area contributed by atoms with Crippen molar-refractivity contribution in [2.45, 2.75) is 6.92 Å². The molecule has 0 fully saturated rings. The molecule has 0 saturated heterocycles. The molecule has 8 heteroatoms. The van der Waals surface area contributed by atoms with E-state index in [0.29, 0.717) is 16.9 Å². The molecule has 0 saturated carbocycles. The molecule has 0 atom stereocenters. The van der Waals surface area contributed by atoms with Gasteiger partial charge in [-0.3, -0.25) is 14.3 Å². The Morgan fingerprint density at radius 2 is 1.93 bits per heavy atom. The van der Waals surface area contributed by atoms with E-state index < -0.39 is 11.5 Å². The molecule has 8 nitrogen and oxygen atoms in total. The third-order valence-electron chi connectivity index (χ3n) is 4.67. The van der Waals surface area contributed by atoms with Crippen LogP contribution in [0.4, 0.5) is 5.69 Å². The zero-order chi connectivity index (χ0) is 21.8. The van der Waals surface area contributed by atoms with Crippen LogP contribution in [0.2, 0.25) is 0 Å². The summed E-state index contributed by atoms with van der Waals surface area (Å²) < 4.78 is 8.11. The molecule has 30 heavy (non-hydrogen) atoms. The number of nitrogens with zero attached hydrogens (tertiary/aromatic N) is 3. The monoisotopic (exact) mass is 404 g/mol. The molecular weight excluding hydrogens is 384 g/mol. The van der Waals surface area contributed by atoms with Crippen molar-refractivity contribution < 1.29 is 14.6 Å². The maximum Gasteiger partial charge on any atom is 0.295 e. The van der Waals surface area contributed by atoms with Crippen LogP contribution in [0.5, 0.6) is 11.5 Å². The van der Waals surface area contributed by atoms with E-state index in [0.717, 1.165) is 0 Å². The van der Waals surface area contributed by atoms with Gasteiger partial charge in [0.25, 0.3) is 11.5 Å². The number of rotatable bonds is 5. The van der Waals surface area contributed by atoms with Crippen molar-refractivity contribution in [1.29, 1.82) is 5.26 Å². The van der Waals surface area contributed by atoms with Crippen molar-refractivity contribution in [2.24, 2.45) is 7.05 Å². The lowest BCUT2D eigenvalue weighted by Crippen LogP contribution is -2.23. The van der Waals surface area contributed by atoms with Crippen LogP contribution in [-0.2, 0) is 11.8 Å². The largest absolute Gasteiger partial charge is 0.504 e. The predicted octanol–water partition coefficient (Wildman–Crippen LogP) is 2.74. The third kappa shape index (κ3) is 3.82. The summed E-state index contributed by atoms with van der Waals surface area (Å²) in [6.45, 7) is 1.71. The fourth-order valence-corrected chi connectivity index (χ4v) is 2.99. The van der Waals surface area contributed by atoms with E-state index in [4.69, 9.17) is 4.74 Å². The van der Waals surface area contributed by atoms with E-state index >= 15 is 0 Å². The average molecular weight is 404 g/mol. The fraction of sp³-hybridized carbons (Fsp3) is 0.136. The van der Waals surface area contributed by atoms with Crippen LogP contribution in [0.25, 0.3) is 11.8 Å². The van der Waals surface area contributed by atoms with Gasteiger partial charge in [-0.25, -0.2) is 4.68 Å². The molecule has 152 valence electrons. The minimum absolute atomic E-state index is 0.0565. The second-order valence-electron chi connectivity index (χ2n) is 6.49. The number of nitrogens with one attached hydrogen (secondary N) is 1. The topological polar surface area (TPSA) is 109 Å². The van der Waals surface area contributed by atoms with Gasteiger partial charge in [0.05, 0.1) is 18.5 Å². The van der Waals surface area contributed by atoms with Gasteiger partial charge in [-0.15, -0.1) is 0 Å². The summed E-state index contributed by atoms with van der Waals surface area (Å²) in [4.78, 5) is 25.6. The average Bonchev–Trinajstić information content (AvgIpc) is 2.96. The normalized spacial score (nSPS) is 11.1. The number of nitriles is 1. The number of para-hydroxylation sites is 1. The van der Waals surface area contributed by atoms with Crippen molar-refractivity contribution in [3.8, 4) is 23.3 Å². The number of amides is 1. The van der Waals surface area contributed by atoms with Crippen LogP contribution < -0.4 is 15.6 Å². The standard InChI is InChI=1S/C22H20N4O4/c1-14-20(22(29)26(25(14)2)17-7-5-4-6-8-17)24-21(28)16(13-23)11-15-9-10-18(27)19(12-15)30-3/h4-12,27H,1-3H3,(H,24,28)/b16-11-. The van der Waals surface area contributed by atoms with Gasteiger partial charge in [0.15, 0.2) is 11.5 Å². The molecule has 0 aliphatic heterocycles. The molecule has 0 unspecified atom stereocenters. The number of aromatic hydroxyl groups is 1. The summed E-state index contributed by atoms with van der Waals surface area (Å²) in [6, 6.07) is 15.3. The first-order chi connectivity index (χ1) is 14.4. The summed E-state index contributed by atoms with van der Waals surface area (Å²) in [5.74, 6) is -0.555. The van der Waals surface area contributed by atoms with Crippen LogP contribution in [-0.4, -0.2) is 27.5 Å². The second kappa shape index (κ2) is 8.41. The number of aromatic nitrogens is 2. The maximum absolute atomic E-state index is 12.9. The highest BCUT2D eigenvalue weighted by molar-refractivity contribution is 6.09. The lowest BCUT2D eigenvalue weighted by atomic mass is 10.1. The SMILES string of the molecule is COc1cc(/C=C(/C#N)C(=O)Nc2c(C)n(C)n(-c3ccccc3)c2=O)ccc1O. The van der Waals surface area contributed by atoms with Gasteiger partial charge >= 0.3 is 0 Å². The number of phenols is 1. The van der Waals surface area contributed by atoms with Crippen molar-refractivity contribution in [1.82, 2.24) is 9.36 Å². The molecule has 0 bridgehead atoms. The first-order valence-electron chi connectivity index (χ1n) is 9.01. The van der Waals surface area contributed by atoms with E-state index in [2.05, 4.69) is 5.32 Å². The van der Waals surface area contributed by atoms with Gasteiger partial charge in [0.2, 0.25) is 0 Å². The minimum atomic E-state index is -0.712. The van der Waals surface area contributed by atoms with Gasteiger partial charge < -0.3 is 15.2 Å². The molecule has 1 aromatic heterocycles. The van der Waals surface area contributed by atoms with E-state index in [-0.39, 0.29) is 22.8 Å². The lowest BCUT2D eigenvalue weighted by Gasteiger charge is -2.07. The maximum atomic E-state index is 12.9. The molecule has 1 amide bonds. The van der Waals surface area contributed by atoms with Crippen LogP contribution in [0.1, 0.15) is 11.3 Å². The van der Waals surface area contributed by atoms with E-state index in [1.807, 2.05) is 24.3 Å².